The molecule has 4 heteroatoms. The minimum absolute atomic E-state index is 0.463. The average molecular weight is 323 g/mol. The molecule has 0 amide bonds. The normalized spacial score (nSPS) is 18.1. The standard InChI is InChI=1S/C14H15BrN2S/c1-7-5-8(2)12(10(15)6-7)9-3-4-11-13(9)18-14(16)17-11/h5-6,9H,3-4H2,1-2H3,(H2,16,17). The maximum atomic E-state index is 5.83. The van der Waals surface area contributed by atoms with Crippen LogP contribution in [0.3, 0.4) is 0 Å². The van der Waals surface area contributed by atoms with Gasteiger partial charge in [-0.25, -0.2) is 4.98 Å². The summed E-state index contributed by atoms with van der Waals surface area (Å²) in [6, 6.07) is 4.45. The predicted octanol–water partition coefficient (Wildman–Crippen LogP) is 4.18. The second-order valence-corrected chi connectivity index (χ2v) is 6.85. The van der Waals surface area contributed by atoms with E-state index in [9.17, 15) is 0 Å². The van der Waals surface area contributed by atoms with E-state index in [1.807, 2.05) is 0 Å². The van der Waals surface area contributed by atoms with Crippen molar-refractivity contribution >= 4 is 32.4 Å². The van der Waals surface area contributed by atoms with Crippen LogP contribution < -0.4 is 5.73 Å². The van der Waals surface area contributed by atoms with Crippen LogP contribution in [0.15, 0.2) is 16.6 Å². The van der Waals surface area contributed by atoms with E-state index >= 15 is 0 Å². The van der Waals surface area contributed by atoms with Gasteiger partial charge < -0.3 is 5.73 Å². The number of fused-ring (bicyclic) bond motifs is 1. The molecule has 0 saturated carbocycles. The molecule has 3 rings (SSSR count). The van der Waals surface area contributed by atoms with Gasteiger partial charge in [0.2, 0.25) is 0 Å². The van der Waals surface area contributed by atoms with Crippen LogP contribution in [-0.4, -0.2) is 4.98 Å². The zero-order valence-corrected chi connectivity index (χ0v) is 12.9. The molecule has 0 saturated heterocycles. The van der Waals surface area contributed by atoms with Gasteiger partial charge in [0.1, 0.15) is 0 Å². The topological polar surface area (TPSA) is 38.9 Å². The molecule has 0 radical (unpaired) electrons. The van der Waals surface area contributed by atoms with Gasteiger partial charge >= 0.3 is 0 Å². The summed E-state index contributed by atoms with van der Waals surface area (Å²) in [6.07, 6.45) is 2.20. The molecular formula is C14H15BrN2S. The van der Waals surface area contributed by atoms with Gasteiger partial charge in [-0.1, -0.05) is 22.0 Å². The van der Waals surface area contributed by atoms with Crippen molar-refractivity contribution in [3.63, 3.8) is 0 Å². The molecule has 1 aromatic heterocycles. The summed E-state index contributed by atoms with van der Waals surface area (Å²) in [6.45, 7) is 4.32. The van der Waals surface area contributed by atoms with E-state index in [-0.39, 0.29) is 0 Å². The molecule has 1 aliphatic carbocycles. The quantitative estimate of drug-likeness (QED) is 0.855. The Morgan fingerprint density at radius 3 is 2.89 bits per heavy atom. The third-order valence-electron chi connectivity index (χ3n) is 3.56. The molecule has 0 fully saturated rings. The van der Waals surface area contributed by atoms with Gasteiger partial charge in [0, 0.05) is 15.3 Å². The van der Waals surface area contributed by atoms with E-state index in [2.05, 4.69) is 46.9 Å². The van der Waals surface area contributed by atoms with Crippen LogP contribution in [0.1, 0.15) is 39.6 Å². The van der Waals surface area contributed by atoms with Crippen LogP contribution >= 0.6 is 27.3 Å². The number of aromatic nitrogens is 1. The molecule has 2 nitrogen and oxygen atoms in total. The molecule has 1 aliphatic rings. The van der Waals surface area contributed by atoms with Crippen LogP contribution in [0.4, 0.5) is 5.13 Å². The van der Waals surface area contributed by atoms with Gasteiger partial charge in [0.15, 0.2) is 5.13 Å². The highest BCUT2D eigenvalue weighted by Gasteiger charge is 2.30. The van der Waals surface area contributed by atoms with Crippen LogP contribution in [0.5, 0.6) is 0 Å². The summed E-state index contributed by atoms with van der Waals surface area (Å²) in [5.41, 5.74) is 11.1. The molecule has 1 aromatic carbocycles. The first kappa shape index (κ1) is 12.2. The number of nitrogens with zero attached hydrogens (tertiary/aromatic N) is 1. The second kappa shape index (κ2) is 4.35. The van der Waals surface area contributed by atoms with Gasteiger partial charge in [0.05, 0.1) is 5.69 Å². The Labute approximate surface area is 119 Å². The van der Waals surface area contributed by atoms with E-state index in [0.29, 0.717) is 11.0 Å². The molecule has 94 valence electrons. The van der Waals surface area contributed by atoms with Crippen LogP contribution in [0.2, 0.25) is 0 Å². The Morgan fingerprint density at radius 2 is 2.17 bits per heavy atom. The molecule has 0 spiro atoms. The smallest absolute Gasteiger partial charge is 0.180 e. The van der Waals surface area contributed by atoms with E-state index < -0.39 is 0 Å². The summed E-state index contributed by atoms with van der Waals surface area (Å²) < 4.78 is 1.21. The van der Waals surface area contributed by atoms with Crippen molar-refractivity contribution in [3.05, 3.63) is 43.9 Å². The minimum atomic E-state index is 0.463. The van der Waals surface area contributed by atoms with E-state index in [0.717, 1.165) is 12.8 Å². The number of thiazole rings is 1. The third-order valence-corrected chi connectivity index (χ3v) is 5.26. The number of halogens is 1. The fraction of sp³-hybridized carbons (Fsp3) is 0.357. The lowest BCUT2D eigenvalue weighted by Gasteiger charge is -2.16. The summed E-state index contributed by atoms with van der Waals surface area (Å²) in [4.78, 5) is 5.79. The lowest BCUT2D eigenvalue weighted by molar-refractivity contribution is 0.781. The second-order valence-electron chi connectivity index (χ2n) is 4.93. The Hall–Kier alpha value is -0.870. The number of hydrogen-bond donors (Lipinski definition) is 1. The summed E-state index contributed by atoms with van der Waals surface area (Å²) >= 11 is 5.37. The summed E-state index contributed by atoms with van der Waals surface area (Å²) in [5, 5.41) is 0.700. The first-order valence-corrected chi connectivity index (χ1v) is 7.69. The van der Waals surface area contributed by atoms with Crippen molar-refractivity contribution in [2.45, 2.75) is 32.6 Å². The van der Waals surface area contributed by atoms with E-state index in [1.54, 1.807) is 11.3 Å². The lowest BCUT2D eigenvalue weighted by atomic mass is 9.93. The fourth-order valence-corrected chi connectivity index (χ4v) is 4.86. The monoisotopic (exact) mass is 322 g/mol. The summed E-state index contributed by atoms with van der Waals surface area (Å²) in [7, 11) is 0. The number of nitrogens with two attached hydrogens (primary N) is 1. The highest BCUT2D eigenvalue weighted by molar-refractivity contribution is 9.10. The molecule has 0 bridgehead atoms. The van der Waals surface area contributed by atoms with Crippen molar-refractivity contribution in [3.8, 4) is 0 Å². The molecular weight excluding hydrogens is 308 g/mol. The molecule has 18 heavy (non-hydrogen) atoms. The van der Waals surface area contributed by atoms with Gasteiger partial charge in [-0.3, -0.25) is 0 Å². The van der Waals surface area contributed by atoms with Gasteiger partial charge in [-0.05, 0) is 49.4 Å². The molecule has 0 aliphatic heterocycles. The number of benzene rings is 1. The largest absolute Gasteiger partial charge is 0.375 e. The molecule has 2 N–H and O–H groups in total. The maximum Gasteiger partial charge on any atom is 0.180 e. The Kier molecular flexibility index (Phi) is 2.94. The van der Waals surface area contributed by atoms with Crippen molar-refractivity contribution in [1.82, 2.24) is 4.98 Å². The number of anilines is 1. The zero-order valence-electron chi connectivity index (χ0n) is 10.5. The van der Waals surface area contributed by atoms with Crippen molar-refractivity contribution in [2.24, 2.45) is 0 Å². The molecule has 2 aromatic rings. The van der Waals surface area contributed by atoms with Gasteiger partial charge in [0.25, 0.3) is 0 Å². The Balaban J connectivity index is 2.12. The van der Waals surface area contributed by atoms with Crippen LogP contribution in [0, 0.1) is 13.8 Å². The minimum Gasteiger partial charge on any atom is -0.375 e. The fourth-order valence-electron chi connectivity index (χ4n) is 2.89. The Morgan fingerprint density at radius 1 is 1.39 bits per heavy atom. The molecule has 1 heterocycles. The molecule has 1 atom stereocenters. The number of hydrogen-bond acceptors (Lipinski definition) is 3. The lowest BCUT2D eigenvalue weighted by Crippen LogP contribution is -2.00. The first-order chi connectivity index (χ1) is 8.56. The SMILES string of the molecule is Cc1cc(C)c(C2CCc3nc(N)sc32)c(Br)c1. The number of nitrogen functional groups attached to an aromatic ring is 1. The first-order valence-electron chi connectivity index (χ1n) is 6.08. The van der Waals surface area contributed by atoms with Crippen LogP contribution in [0.25, 0.3) is 0 Å². The number of aryl methyl sites for hydroxylation is 3. The Bertz CT molecular complexity index is 595. The van der Waals surface area contributed by atoms with E-state index in [1.165, 1.54) is 31.7 Å². The van der Waals surface area contributed by atoms with Gasteiger partial charge in [-0.2, -0.15) is 0 Å². The van der Waals surface area contributed by atoms with E-state index in [4.69, 9.17) is 5.73 Å². The summed E-state index contributed by atoms with van der Waals surface area (Å²) in [5.74, 6) is 0.463. The highest BCUT2D eigenvalue weighted by atomic mass is 79.9. The van der Waals surface area contributed by atoms with Crippen molar-refractivity contribution < 1.29 is 0 Å². The average Bonchev–Trinajstić information content (AvgIpc) is 2.77. The predicted molar refractivity (Wildman–Crippen MR) is 80.3 cm³/mol. The third kappa shape index (κ3) is 1.88. The van der Waals surface area contributed by atoms with Crippen molar-refractivity contribution in [1.29, 1.82) is 0 Å². The van der Waals surface area contributed by atoms with Gasteiger partial charge in [-0.15, -0.1) is 11.3 Å². The molecule has 1 unspecified atom stereocenters. The zero-order chi connectivity index (χ0) is 12.9. The highest BCUT2D eigenvalue weighted by Crippen LogP contribution is 2.45. The van der Waals surface area contributed by atoms with Crippen molar-refractivity contribution in [2.75, 3.05) is 5.73 Å². The number of rotatable bonds is 1. The maximum absolute atomic E-state index is 5.83. The van der Waals surface area contributed by atoms with Crippen LogP contribution in [-0.2, 0) is 6.42 Å².